The third-order valence-electron chi connectivity index (χ3n) is 5.81. The number of guanidine groups is 1. The normalized spacial score (nSPS) is 14.6. The van der Waals surface area contributed by atoms with Crippen molar-refractivity contribution in [2.24, 2.45) is 4.99 Å². The zero-order valence-electron chi connectivity index (χ0n) is 19.7. The van der Waals surface area contributed by atoms with E-state index >= 15 is 0 Å². The first-order chi connectivity index (χ1) is 15.6. The molecule has 1 saturated heterocycles. The van der Waals surface area contributed by atoms with Gasteiger partial charge in [0.25, 0.3) is 0 Å². The van der Waals surface area contributed by atoms with E-state index in [1.807, 2.05) is 43.4 Å². The monoisotopic (exact) mass is 559 g/mol. The molecule has 1 aliphatic heterocycles. The molecule has 0 radical (unpaired) electrons. The molecule has 3 aromatic rings. The SMILES string of the molecule is CCNC(=NCc1cc(N(C)C)nc2ccccc12)NC1CCN(c2ccccn2)CC1.I. The van der Waals surface area contributed by atoms with Gasteiger partial charge in [-0.25, -0.2) is 15.0 Å². The van der Waals surface area contributed by atoms with Gasteiger partial charge in [0.1, 0.15) is 11.6 Å². The molecule has 176 valence electrons. The van der Waals surface area contributed by atoms with E-state index in [1.165, 1.54) is 5.56 Å². The van der Waals surface area contributed by atoms with Gasteiger partial charge in [-0.15, -0.1) is 24.0 Å². The average molecular weight is 560 g/mol. The number of aromatic nitrogens is 2. The minimum atomic E-state index is 0. The fourth-order valence-corrected chi connectivity index (χ4v) is 4.06. The lowest BCUT2D eigenvalue weighted by molar-refractivity contribution is 0.459. The van der Waals surface area contributed by atoms with Gasteiger partial charge in [-0.1, -0.05) is 24.3 Å². The summed E-state index contributed by atoms with van der Waals surface area (Å²) >= 11 is 0. The van der Waals surface area contributed by atoms with Gasteiger partial charge in [-0.05, 0) is 49.6 Å². The molecule has 1 aliphatic rings. The lowest BCUT2D eigenvalue weighted by Crippen LogP contribution is -2.48. The van der Waals surface area contributed by atoms with Crippen molar-refractivity contribution in [2.75, 3.05) is 43.5 Å². The van der Waals surface area contributed by atoms with Crippen LogP contribution in [0.2, 0.25) is 0 Å². The summed E-state index contributed by atoms with van der Waals surface area (Å²) in [7, 11) is 4.04. The Morgan fingerprint density at radius 2 is 1.88 bits per heavy atom. The van der Waals surface area contributed by atoms with E-state index in [9.17, 15) is 0 Å². The van der Waals surface area contributed by atoms with Crippen LogP contribution in [0.15, 0.2) is 59.7 Å². The minimum Gasteiger partial charge on any atom is -0.363 e. The van der Waals surface area contributed by atoms with Crippen molar-refractivity contribution >= 4 is 52.5 Å². The first-order valence-electron chi connectivity index (χ1n) is 11.4. The molecule has 1 fully saturated rings. The van der Waals surface area contributed by atoms with Crippen molar-refractivity contribution in [1.29, 1.82) is 0 Å². The molecule has 4 rings (SSSR count). The maximum absolute atomic E-state index is 4.93. The Hall–Kier alpha value is -2.62. The van der Waals surface area contributed by atoms with Gasteiger partial charge in [0.15, 0.2) is 5.96 Å². The van der Waals surface area contributed by atoms with Crippen molar-refractivity contribution < 1.29 is 0 Å². The van der Waals surface area contributed by atoms with Gasteiger partial charge < -0.3 is 20.4 Å². The van der Waals surface area contributed by atoms with Crippen molar-refractivity contribution in [1.82, 2.24) is 20.6 Å². The van der Waals surface area contributed by atoms with Crippen LogP contribution in [-0.4, -0.2) is 55.7 Å². The van der Waals surface area contributed by atoms with E-state index in [-0.39, 0.29) is 24.0 Å². The number of anilines is 2. The Morgan fingerprint density at radius 1 is 1.12 bits per heavy atom. The Kier molecular flexibility index (Phi) is 9.11. The number of fused-ring (bicyclic) bond motifs is 1. The second kappa shape index (κ2) is 12.0. The maximum Gasteiger partial charge on any atom is 0.191 e. The molecular weight excluding hydrogens is 525 g/mol. The van der Waals surface area contributed by atoms with Gasteiger partial charge in [-0.3, -0.25) is 0 Å². The molecule has 0 bridgehead atoms. The first kappa shape index (κ1) is 25.0. The highest BCUT2D eigenvalue weighted by atomic mass is 127. The number of aliphatic imine (C=N–C) groups is 1. The molecule has 33 heavy (non-hydrogen) atoms. The highest BCUT2D eigenvalue weighted by Crippen LogP contribution is 2.23. The molecule has 1 aromatic carbocycles. The van der Waals surface area contributed by atoms with Crippen LogP contribution in [0.1, 0.15) is 25.3 Å². The fourth-order valence-electron chi connectivity index (χ4n) is 4.06. The first-order valence-corrected chi connectivity index (χ1v) is 11.4. The van der Waals surface area contributed by atoms with Crippen LogP contribution >= 0.6 is 24.0 Å². The van der Waals surface area contributed by atoms with Gasteiger partial charge in [0, 0.05) is 51.4 Å². The Bertz CT molecular complexity index is 1050. The molecule has 3 heterocycles. The largest absolute Gasteiger partial charge is 0.363 e. The number of halogens is 1. The molecule has 7 nitrogen and oxygen atoms in total. The second-order valence-corrected chi connectivity index (χ2v) is 8.34. The number of para-hydroxylation sites is 1. The van der Waals surface area contributed by atoms with E-state index in [0.29, 0.717) is 12.6 Å². The van der Waals surface area contributed by atoms with Crippen molar-refractivity contribution in [3.8, 4) is 0 Å². The van der Waals surface area contributed by atoms with Crippen LogP contribution in [0.5, 0.6) is 0 Å². The number of benzene rings is 1. The average Bonchev–Trinajstić information content (AvgIpc) is 2.83. The number of nitrogens with zero attached hydrogens (tertiary/aromatic N) is 5. The highest BCUT2D eigenvalue weighted by molar-refractivity contribution is 14.0. The molecule has 0 aliphatic carbocycles. The van der Waals surface area contributed by atoms with Crippen LogP contribution in [-0.2, 0) is 6.54 Å². The van der Waals surface area contributed by atoms with Gasteiger partial charge in [-0.2, -0.15) is 0 Å². The zero-order valence-corrected chi connectivity index (χ0v) is 22.0. The standard InChI is InChI=1S/C25H33N7.HI/c1-4-26-25(29-20-12-15-32(16-13-20)23-11-7-8-14-27-23)28-18-19-17-24(31(2)3)30-22-10-6-5-9-21(19)22;/h5-11,14,17,20H,4,12-13,15-16,18H2,1-3H3,(H2,26,28,29);1H. The summed E-state index contributed by atoms with van der Waals surface area (Å²) in [6.07, 6.45) is 3.98. The predicted molar refractivity (Wildman–Crippen MR) is 149 cm³/mol. The lowest BCUT2D eigenvalue weighted by atomic mass is 10.1. The number of nitrogens with one attached hydrogen (secondary N) is 2. The van der Waals surface area contributed by atoms with Crippen LogP contribution in [0.4, 0.5) is 11.6 Å². The number of hydrogen-bond acceptors (Lipinski definition) is 5. The number of rotatable bonds is 6. The third-order valence-corrected chi connectivity index (χ3v) is 5.81. The topological polar surface area (TPSA) is 68.7 Å². The quantitative estimate of drug-likeness (QED) is 0.270. The molecular formula is C25H34IN7. The smallest absolute Gasteiger partial charge is 0.191 e. The molecule has 0 atom stereocenters. The molecule has 0 unspecified atom stereocenters. The zero-order chi connectivity index (χ0) is 22.3. The van der Waals surface area contributed by atoms with Crippen LogP contribution < -0.4 is 20.4 Å². The fraction of sp³-hybridized carbons (Fsp3) is 0.400. The second-order valence-electron chi connectivity index (χ2n) is 8.34. The van der Waals surface area contributed by atoms with Crippen LogP contribution in [0.3, 0.4) is 0 Å². The lowest BCUT2D eigenvalue weighted by Gasteiger charge is -2.33. The summed E-state index contributed by atoms with van der Waals surface area (Å²) < 4.78 is 0. The van der Waals surface area contributed by atoms with Gasteiger partial charge >= 0.3 is 0 Å². The minimum absolute atomic E-state index is 0. The summed E-state index contributed by atoms with van der Waals surface area (Å²) in [5.74, 6) is 2.89. The van der Waals surface area contributed by atoms with E-state index < -0.39 is 0 Å². The summed E-state index contributed by atoms with van der Waals surface area (Å²) in [4.78, 5) is 18.6. The van der Waals surface area contributed by atoms with E-state index in [2.05, 4.69) is 57.8 Å². The van der Waals surface area contributed by atoms with E-state index in [0.717, 1.165) is 61.0 Å². The Morgan fingerprint density at radius 3 is 2.58 bits per heavy atom. The van der Waals surface area contributed by atoms with Crippen molar-refractivity contribution in [3.05, 3.63) is 60.3 Å². The van der Waals surface area contributed by atoms with Gasteiger partial charge in [0.05, 0.1) is 12.1 Å². The van der Waals surface area contributed by atoms with Crippen LogP contribution in [0.25, 0.3) is 10.9 Å². The third kappa shape index (κ3) is 6.46. The summed E-state index contributed by atoms with van der Waals surface area (Å²) in [6, 6.07) is 16.9. The van der Waals surface area contributed by atoms with Crippen LogP contribution in [0, 0.1) is 0 Å². The van der Waals surface area contributed by atoms with Crippen molar-refractivity contribution in [3.63, 3.8) is 0 Å². The summed E-state index contributed by atoms with van der Waals surface area (Å²) in [5, 5.41) is 8.22. The molecule has 0 saturated carbocycles. The van der Waals surface area contributed by atoms with E-state index in [1.54, 1.807) is 0 Å². The van der Waals surface area contributed by atoms with E-state index in [4.69, 9.17) is 9.98 Å². The molecule has 8 heteroatoms. The highest BCUT2D eigenvalue weighted by Gasteiger charge is 2.20. The Labute approximate surface area is 213 Å². The molecule has 2 N–H and O–H groups in total. The predicted octanol–water partition coefficient (Wildman–Crippen LogP) is 4.04. The van der Waals surface area contributed by atoms with Gasteiger partial charge in [0.2, 0.25) is 0 Å². The van der Waals surface area contributed by atoms with Crippen molar-refractivity contribution in [2.45, 2.75) is 32.4 Å². The molecule has 0 spiro atoms. The summed E-state index contributed by atoms with van der Waals surface area (Å²) in [5.41, 5.74) is 2.19. The maximum atomic E-state index is 4.93. The molecule has 2 aromatic heterocycles. The number of hydrogen-bond donors (Lipinski definition) is 2. The number of pyridine rings is 2. The number of piperidine rings is 1. The molecule has 0 amide bonds. The summed E-state index contributed by atoms with van der Waals surface area (Å²) in [6.45, 7) is 5.53. The Balaban J connectivity index is 0.00000306.